The largest absolute Gasteiger partial charge is 0.298 e. The Balaban J connectivity index is 3.12. The lowest BCUT2D eigenvalue weighted by atomic mass is 10.0. The Morgan fingerprint density at radius 3 is 2.36 bits per heavy atom. The van der Waals surface area contributed by atoms with Crippen LogP contribution in [-0.4, -0.2) is 24.8 Å². The quantitative estimate of drug-likeness (QED) is 0.828. The third-order valence-corrected chi connectivity index (χ3v) is 2.82. The lowest BCUT2D eigenvalue weighted by Gasteiger charge is -2.22. The van der Waals surface area contributed by atoms with Crippen molar-refractivity contribution in [2.75, 3.05) is 14.1 Å². The van der Waals surface area contributed by atoms with Gasteiger partial charge in [-0.1, -0.05) is 34.1 Å². The van der Waals surface area contributed by atoms with Crippen molar-refractivity contribution < 1.29 is 4.79 Å². The summed E-state index contributed by atoms with van der Waals surface area (Å²) in [5.74, 6) is 0.155. The van der Waals surface area contributed by atoms with Crippen LogP contribution in [0, 0.1) is 0 Å². The van der Waals surface area contributed by atoms with E-state index in [0.717, 1.165) is 10.0 Å². The van der Waals surface area contributed by atoms with Crippen LogP contribution in [0.4, 0.5) is 0 Å². The molecule has 0 heterocycles. The summed E-state index contributed by atoms with van der Waals surface area (Å²) in [6.45, 7) is 1.62. The van der Waals surface area contributed by atoms with Crippen LogP contribution in [0.15, 0.2) is 28.7 Å². The van der Waals surface area contributed by atoms with Crippen LogP contribution in [-0.2, 0) is 4.79 Å². The van der Waals surface area contributed by atoms with Crippen LogP contribution >= 0.6 is 15.9 Å². The number of hydrogen-bond acceptors (Lipinski definition) is 2. The molecule has 76 valence electrons. The molecular weight excluding hydrogens is 242 g/mol. The van der Waals surface area contributed by atoms with Gasteiger partial charge in [0.25, 0.3) is 0 Å². The van der Waals surface area contributed by atoms with E-state index >= 15 is 0 Å². The topological polar surface area (TPSA) is 20.3 Å². The summed E-state index contributed by atoms with van der Waals surface area (Å²) >= 11 is 3.45. The molecule has 0 fully saturated rings. The van der Waals surface area contributed by atoms with E-state index in [1.54, 1.807) is 6.92 Å². The molecule has 0 saturated heterocycles. The minimum Gasteiger partial charge on any atom is -0.298 e. The highest BCUT2D eigenvalue weighted by Gasteiger charge is 2.20. The molecule has 0 spiro atoms. The SMILES string of the molecule is CC(=O)C(c1ccccc1Br)N(C)C. The first kappa shape index (κ1) is 11.4. The number of benzene rings is 1. The zero-order chi connectivity index (χ0) is 10.7. The van der Waals surface area contributed by atoms with Gasteiger partial charge in [-0.2, -0.15) is 0 Å². The monoisotopic (exact) mass is 255 g/mol. The van der Waals surface area contributed by atoms with Crippen molar-refractivity contribution in [1.29, 1.82) is 0 Å². The Hall–Kier alpha value is -0.670. The number of halogens is 1. The number of nitrogens with zero attached hydrogens (tertiary/aromatic N) is 1. The van der Waals surface area contributed by atoms with Gasteiger partial charge in [-0.05, 0) is 32.6 Å². The molecule has 3 heteroatoms. The van der Waals surface area contributed by atoms with Gasteiger partial charge in [0, 0.05) is 4.47 Å². The smallest absolute Gasteiger partial charge is 0.151 e. The molecule has 0 bridgehead atoms. The van der Waals surface area contributed by atoms with Crippen molar-refractivity contribution in [1.82, 2.24) is 4.90 Å². The summed E-state index contributed by atoms with van der Waals surface area (Å²) < 4.78 is 0.980. The van der Waals surface area contributed by atoms with Crippen LogP contribution < -0.4 is 0 Å². The molecule has 1 aromatic rings. The number of rotatable bonds is 3. The molecule has 1 aromatic carbocycles. The molecule has 2 nitrogen and oxygen atoms in total. The normalized spacial score (nSPS) is 12.9. The average Bonchev–Trinajstić information content (AvgIpc) is 2.07. The van der Waals surface area contributed by atoms with E-state index in [9.17, 15) is 4.79 Å². The third-order valence-electron chi connectivity index (χ3n) is 2.10. The maximum atomic E-state index is 11.5. The summed E-state index contributed by atoms with van der Waals surface area (Å²) in [6.07, 6.45) is 0. The van der Waals surface area contributed by atoms with E-state index in [-0.39, 0.29) is 11.8 Å². The van der Waals surface area contributed by atoms with Gasteiger partial charge in [-0.15, -0.1) is 0 Å². The Morgan fingerprint density at radius 1 is 1.36 bits per heavy atom. The van der Waals surface area contributed by atoms with Crippen molar-refractivity contribution in [3.05, 3.63) is 34.3 Å². The first-order chi connectivity index (χ1) is 6.54. The van der Waals surface area contributed by atoms with Crippen LogP contribution in [0.5, 0.6) is 0 Å². The molecule has 0 aliphatic rings. The van der Waals surface area contributed by atoms with Crippen molar-refractivity contribution in [2.45, 2.75) is 13.0 Å². The number of carbonyl (C=O) groups excluding carboxylic acids is 1. The van der Waals surface area contributed by atoms with Gasteiger partial charge in [0.2, 0.25) is 0 Å². The van der Waals surface area contributed by atoms with Crippen molar-refractivity contribution in [3.8, 4) is 0 Å². The zero-order valence-corrected chi connectivity index (χ0v) is 10.2. The summed E-state index contributed by atoms with van der Waals surface area (Å²) in [6, 6.07) is 7.65. The third kappa shape index (κ3) is 2.42. The Morgan fingerprint density at radius 2 is 1.93 bits per heavy atom. The zero-order valence-electron chi connectivity index (χ0n) is 8.62. The molecule has 0 saturated carbocycles. The van der Waals surface area contributed by atoms with E-state index in [4.69, 9.17) is 0 Å². The average molecular weight is 256 g/mol. The molecule has 1 atom stereocenters. The lowest BCUT2D eigenvalue weighted by molar-refractivity contribution is -0.121. The lowest BCUT2D eigenvalue weighted by Crippen LogP contribution is -2.26. The summed E-state index contributed by atoms with van der Waals surface area (Å²) in [4.78, 5) is 13.4. The fourth-order valence-electron chi connectivity index (χ4n) is 1.56. The fourth-order valence-corrected chi connectivity index (χ4v) is 2.06. The summed E-state index contributed by atoms with van der Waals surface area (Å²) in [7, 11) is 3.82. The summed E-state index contributed by atoms with van der Waals surface area (Å²) in [5.41, 5.74) is 1.02. The second-order valence-corrected chi connectivity index (χ2v) is 4.35. The molecule has 1 unspecified atom stereocenters. The second-order valence-electron chi connectivity index (χ2n) is 3.50. The first-order valence-corrected chi connectivity index (χ1v) is 5.24. The number of carbonyl (C=O) groups is 1. The fraction of sp³-hybridized carbons (Fsp3) is 0.364. The van der Waals surface area contributed by atoms with Crippen LogP contribution in [0.2, 0.25) is 0 Å². The molecule has 0 aliphatic carbocycles. The van der Waals surface area contributed by atoms with Gasteiger partial charge < -0.3 is 0 Å². The van der Waals surface area contributed by atoms with Crippen molar-refractivity contribution in [3.63, 3.8) is 0 Å². The van der Waals surface area contributed by atoms with E-state index in [1.165, 1.54) is 0 Å². The van der Waals surface area contributed by atoms with Gasteiger partial charge in [-0.25, -0.2) is 0 Å². The van der Waals surface area contributed by atoms with E-state index in [1.807, 2.05) is 43.3 Å². The standard InChI is InChI=1S/C11H14BrNO/c1-8(14)11(13(2)3)9-6-4-5-7-10(9)12/h4-7,11H,1-3H3. The van der Waals surface area contributed by atoms with Gasteiger partial charge >= 0.3 is 0 Å². The molecule has 0 amide bonds. The number of Topliss-reactive ketones (excluding diaryl/α,β-unsaturated/α-hetero) is 1. The first-order valence-electron chi connectivity index (χ1n) is 4.45. The predicted octanol–water partition coefficient (Wildman–Crippen LogP) is 2.64. The maximum absolute atomic E-state index is 11.5. The minimum absolute atomic E-state index is 0.155. The molecule has 0 aliphatic heterocycles. The molecule has 0 N–H and O–H groups in total. The van der Waals surface area contributed by atoms with Gasteiger partial charge in [0.15, 0.2) is 5.78 Å². The van der Waals surface area contributed by atoms with Crippen molar-refractivity contribution >= 4 is 21.7 Å². The van der Waals surface area contributed by atoms with Crippen LogP contribution in [0.25, 0.3) is 0 Å². The molecule has 1 rings (SSSR count). The van der Waals surface area contributed by atoms with E-state index < -0.39 is 0 Å². The highest BCUT2D eigenvalue weighted by molar-refractivity contribution is 9.10. The number of hydrogen-bond donors (Lipinski definition) is 0. The van der Waals surface area contributed by atoms with Crippen LogP contribution in [0.1, 0.15) is 18.5 Å². The van der Waals surface area contributed by atoms with E-state index in [2.05, 4.69) is 15.9 Å². The van der Waals surface area contributed by atoms with E-state index in [0.29, 0.717) is 0 Å². The number of ketones is 1. The highest BCUT2D eigenvalue weighted by atomic mass is 79.9. The minimum atomic E-state index is -0.162. The van der Waals surface area contributed by atoms with Crippen LogP contribution in [0.3, 0.4) is 0 Å². The predicted molar refractivity (Wildman–Crippen MR) is 61.3 cm³/mol. The van der Waals surface area contributed by atoms with Crippen molar-refractivity contribution in [2.24, 2.45) is 0 Å². The highest BCUT2D eigenvalue weighted by Crippen LogP contribution is 2.26. The molecule has 0 radical (unpaired) electrons. The Bertz CT molecular complexity index is 336. The maximum Gasteiger partial charge on any atom is 0.151 e. The molecule has 14 heavy (non-hydrogen) atoms. The Kier molecular flexibility index (Phi) is 3.84. The summed E-state index contributed by atoms with van der Waals surface area (Å²) in [5, 5.41) is 0. The Labute approximate surface area is 93.0 Å². The van der Waals surface area contributed by atoms with Gasteiger partial charge in [0.05, 0.1) is 6.04 Å². The molecule has 0 aromatic heterocycles. The van der Waals surface area contributed by atoms with Gasteiger partial charge in [0.1, 0.15) is 0 Å². The van der Waals surface area contributed by atoms with Gasteiger partial charge in [-0.3, -0.25) is 9.69 Å². The molecular formula is C11H14BrNO. The second kappa shape index (κ2) is 4.71. The number of likely N-dealkylation sites (N-methyl/N-ethyl adjacent to an activating group) is 1.